The highest BCUT2D eigenvalue weighted by Crippen LogP contribution is 2.40. The third kappa shape index (κ3) is 2.82. The molecule has 6 heteroatoms. The smallest absolute Gasteiger partial charge is 0.262 e. The van der Waals surface area contributed by atoms with Crippen LogP contribution in [0.25, 0.3) is 10.2 Å². The first-order valence-electron chi connectivity index (χ1n) is 8.74. The topological polar surface area (TPSA) is 64.1 Å². The lowest BCUT2D eigenvalue weighted by atomic mass is 10.1. The molecule has 4 rings (SSSR count). The second-order valence-electron chi connectivity index (χ2n) is 6.99. The number of rotatable bonds is 4. The summed E-state index contributed by atoms with van der Waals surface area (Å²) in [6.45, 7) is 6.84. The molecule has 0 aromatic carbocycles. The molecular weight excluding hydrogens is 322 g/mol. The molecule has 1 N–H and O–H groups in total. The molecule has 128 valence electrons. The lowest BCUT2D eigenvalue weighted by molar-refractivity contribution is 0.0714. The lowest BCUT2D eigenvalue weighted by Gasteiger charge is -2.19. The van der Waals surface area contributed by atoms with Gasteiger partial charge >= 0.3 is 0 Å². The van der Waals surface area contributed by atoms with Crippen LogP contribution in [0.1, 0.15) is 65.3 Å². The molecule has 0 bridgehead atoms. The van der Waals surface area contributed by atoms with E-state index in [4.69, 9.17) is 9.72 Å². The summed E-state index contributed by atoms with van der Waals surface area (Å²) in [5.74, 6) is 1.44. The van der Waals surface area contributed by atoms with Gasteiger partial charge in [-0.15, -0.1) is 11.3 Å². The average molecular weight is 345 g/mol. The molecule has 2 atom stereocenters. The summed E-state index contributed by atoms with van der Waals surface area (Å²) in [6, 6.07) is 0.0267. The van der Waals surface area contributed by atoms with E-state index >= 15 is 0 Å². The van der Waals surface area contributed by atoms with Crippen molar-refractivity contribution in [3.05, 3.63) is 22.0 Å². The van der Waals surface area contributed by atoms with Gasteiger partial charge in [-0.2, -0.15) is 0 Å². The van der Waals surface area contributed by atoms with Crippen LogP contribution >= 0.6 is 11.3 Å². The molecule has 1 saturated carbocycles. The normalized spacial score (nSPS) is 22.0. The van der Waals surface area contributed by atoms with Crippen molar-refractivity contribution in [3.8, 4) is 0 Å². The van der Waals surface area contributed by atoms with Crippen LogP contribution in [-0.2, 0) is 4.74 Å². The summed E-state index contributed by atoms with van der Waals surface area (Å²) in [6.07, 6.45) is 4.59. The minimum absolute atomic E-state index is 0.0223. The Labute approximate surface area is 145 Å². The van der Waals surface area contributed by atoms with Gasteiger partial charge in [0.05, 0.1) is 22.7 Å². The molecule has 1 saturated heterocycles. The zero-order valence-corrected chi connectivity index (χ0v) is 15.2. The minimum Gasteiger partial charge on any atom is -0.376 e. The Morgan fingerprint density at radius 1 is 1.29 bits per heavy atom. The molecule has 0 spiro atoms. The highest BCUT2D eigenvalue weighted by atomic mass is 32.1. The Balaban J connectivity index is 1.62. The fourth-order valence-corrected chi connectivity index (χ4v) is 4.60. The number of carbonyl (C=O) groups is 1. The highest BCUT2D eigenvalue weighted by molar-refractivity contribution is 7.20. The van der Waals surface area contributed by atoms with Crippen LogP contribution in [-0.4, -0.2) is 34.6 Å². The number of aromatic nitrogens is 2. The molecule has 2 fully saturated rings. The van der Waals surface area contributed by atoms with Gasteiger partial charge in [-0.3, -0.25) is 4.79 Å². The van der Waals surface area contributed by atoms with Crippen LogP contribution in [0.5, 0.6) is 0 Å². The van der Waals surface area contributed by atoms with Gasteiger partial charge in [0.15, 0.2) is 0 Å². The van der Waals surface area contributed by atoms with Crippen LogP contribution < -0.4 is 5.32 Å². The maximum Gasteiger partial charge on any atom is 0.262 e. The molecule has 5 nitrogen and oxygen atoms in total. The number of nitrogens with zero attached hydrogens (tertiary/aromatic N) is 2. The van der Waals surface area contributed by atoms with Crippen molar-refractivity contribution in [2.45, 2.75) is 64.5 Å². The second-order valence-corrected chi connectivity index (χ2v) is 7.99. The Bertz CT molecular complexity index is 791. The maximum atomic E-state index is 12.7. The van der Waals surface area contributed by atoms with E-state index in [1.807, 2.05) is 20.8 Å². The van der Waals surface area contributed by atoms with Gasteiger partial charge in [0.2, 0.25) is 0 Å². The molecule has 0 unspecified atom stereocenters. The quantitative estimate of drug-likeness (QED) is 0.921. The number of amides is 1. The van der Waals surface area contributed by atoms with E-state index in [0.717, 1.165) is 51.6 Å². The summed E-state index contributed by atoms with van der Waals surface area (Å²) < 4.78 is 5.68. The summed E-state index contributed by atoms with van der Waals surface area (Å²) >= 11 is 1.49. The summed E-state index contributed by atoms with van der Waals surface area (Å²) in [4.78, 5) is 23.8. The zero-order valence-electron chi connectivity index (χ0n) is 14.4. The predicted molar refractivity (Wildman–Crippen MR) is 94.8 cm³/mol. The van der Waals surface area contributed by atoms with Crippen LogP contribution in [0.4, 0.5) is 0 Å². The Kier molecular flexibility index (Phi) is 4.04. The number of fused-ring (bicyclic) bond motifs is 1. The highest BCUT2D eigenvalue weighted by Gasteiger charge is 2.29. The van der Waals surface area contributed by atoms with Crippen LogP contribution in [0.15, 0.2) is 0 Å². The monoisotopic (exact) mass is 345 g/mol. The molecule has 0 radical (unpaired) electrons. The van der Waals surface area contributed by atoms with E-state index in [1.165, 1.54) is 24.2 Å². The van der Waals surface area contributed by atoms with Crippen LogP contribution in [0, 0.1) is 13.8 Å². The summed E-state index contributed by atoms with van der Waals surface area (Å²) in [7, 11) is 0. The molecule has 1 aliphatic carbocycles. The second kappa shape index (κ2) is 6.08. The van der Waals surface area contributed by atoms with Gasteiger partial charge < -0.3 is 10.1 Å². The third-order valence-electron chi connectivity index (χ3n) is 5.02. The average Bonchev–Trinajstić information content (AvgIpc) is 3.13. The van der Waals surface area contributed by atoms with Crippen molar-refractivity contribution in [2.75, 3.05) is 6.61 Å². The fraction of sp³-hybridized carbons (Fsp3) is 0.611. The third-order valence-corrected chi connectivity index (χ3v) is 6.20. The van der Waals surface area contributed by atoms with Crippen LogP contribution in [0.2, 0.25) is 0 Å². The number of aryl methyl sites for hydroxylation is 2. The number of carbonyl (C=O) groups excluding carboxylic acids is 1. The van der Waals surface area contributed by atoms with E-state index in [0.29, 0.717) is 5.92 Å². The summed E-state index contributed by atoms with van der Waals surface area (Å²) in [5, 5.41) is 4.15. The molecule has 1 aliphatic heterocycles. The first-order chi connectivity index (χ1) is 11.5. The Morgan fingerprint density at radius 2 is 2.08 bits per heavy atom. The standard InChI is InChI=1S/C18H23N3O2S/c1-9-14-11(3)19-16(12-6-7-12)21-18(14)24-15(9)17(22)20-10(2)13-5-4-8-23-13/h10,12-13H,4-8H2,1-3H3,(H,20,22)/t10-,13+/m1/s1. The SMILES string of the molecule is Cc1nc(C2CC2)nc2sc(C(=O)N[C@H](C)[C@@H]3CCCO3)c(C)c12. The summed E-state index contributed by atoms with van der Waals surface area (Å²) in [5.41, 5.74) is 1.98. The zero-order chi connectivity index (χ0) is 16.8. The molecular formula is C18H23N3O2S. The molecule has 3 heterocycles. The van der Waals surface area contributed by atoms with Crippen molar-refractivity contribution < 1.29 is 9.53 Å². The number of nitrogens with one attached hydrogen (secondary N) is 1. The van der Waals surface area contributed by atoms with E-state index < -0.39 is 0 Å². The first kappa shape index (κ1) is 16.0. The van der Waals surface area contributed by atoms with Crippen molar-refractivity contribution in [1.29, 1.82) is 0 Å². The molecule has 24 heavy (non-hydrogen) atoms. The van der Waals surface area contributed by atoms with Gasteiger partial charge in [0, 0.05) is 17.9 Å². The van der Waals surface area contributed by atoms with Crippen molar-refractivity contribution >= 4 is 27.5 Å². The molecule has 2 aromatic heterocycles. The van der Waals surface area contributed by atoms with E-state index in [-0.39, 0.29) is 18.1 Å². The molecule has 2 aromatic rings. The molecule has 2 aliphatic rings. The van der Waals surface area contributed by atoms with Gasteiger partial charge in [-0.25, -0.2) is 9.97 Å². The van der Waals surface area contributed by atoms with Gasteiger partial charge in [0.1, 0.15) is 10.7 Å². The number of hydrogen-bond acceptors (Lipinski definition) is 5. The number of ether oxygens (including phenoxy) is 1. The van der Waals surface area contributed by atoms with Crippen molar-refractivity contribution in [2.24, 2.45) is 0 Å². The van der Waals surface area contributed by atoms with Crippen LogP contribution in [0.3, 0.4) is 0 Å². The van der Waals surface area contributed by atoms with Gasteiger partial charge in [-0.05, 0) is 52.0 Å². The van der Waals surface area contributed by atoms with E-state index in [2.05, 4.69) is 10.3 Å². The van der Waals surface area contributed by atoms with Gasteiger partial charge in [-0.1, -0.05) is 0 Å². The predicted octanol–water partition coefficient (Wildman–Crippen LogP) is 3.48. The first-order valence-corrected chi connectivity index (χ1v) is 9.56. The lowest BCUT2D eigenvalue weighted by Crippen LogP contribution is -2.40. The number of thiophene rings is 1. The Morgan fingerprint density at radius 3 is 2.75 bits per heavy atom. The van der Waals surface area contributed by atoms with Crippen molar-refractivity contribution in [3.63, 3.8) is 0 Å². The van der Waals surface area contributed by atoms with Crippen molar-refractivity contribution in [1.82, 2.24) is 15.3 Å². The Hall–Kier alpha value is -1.53. The fourth-order valence-electron chi connectivity index (χ4n) is 3.46. The maximum absolute atomic E-state index is 12.7. The van der Waals surface area contributed by atoms with E-state index in [1.54, 1.807) is 0 Å². The minimum atomic E-state index is -0.0223. The van der Waals surface area contributed by atoms with Gasteiger partial charge in [0.25, 0.3) is 5.91 Å². The molecule has 1 amide bonds. The largest absolute Gasteiger partial charge is 0.376 e. The van der Waals surface area contributed by atoms with E-state index in [9.17, 15) is 4.79 Å². The number of hydrogen-bond donors (Lipinski definition) is 1.